The number of Topliss-reactive ketones (excluding diaryl/α,β-unsaturated/α-hetero) is 1. The van der Waals surface area contributed by atoms with E-state index in [0.29, 0.717) is 0 Å². The highest BCUT2D eigenvalue weighted by Crippen LogP contribution is 2.17. The summed E-state index contributed by atoms with van der Waals surface area (Å²) >= 11 is 0. The Kier molecular flexibility index (Phi) is 5.78. The van der Waals surface area contributed by atoms with Crippen LogP contribution in [0, 0.1) is 0 Å². The lowest BCUT2D eigenvalue weighted by Gasteiger charge is -2.12. The Balaban J connectivity index is 1.64. The highest BCUT2D eigenvalue weighted by molar-refractivity contribution is 6.01. The van der Waals surface area contributed by atoms with Gasteiger partial charge in [-0.05, 0) is 43.3 Å². The molecule has 144 valence electrons. The Morgan fingerprint density at radius 3 is 2.32 bits per heavy atom. The monoisotopic (exact) mass is 386 g/mol. The standard InChI is InChI=1S/C20H16F2N2O4/c1-13(18(25)14-7-9-17(10-8-14)28-20(21)22)27-19(26)15-11-23-24(12-15)16-5-3-2-4-6-16/h2-13,20H,1H3. The van der Waals surface area contributed by atoms with Gasteiger partial charge in [-0.2, -0.15) is 13.9 Å². The molecule has 0 saturated carbocycles. The molecule has 0 fully saturated rings. The maximum Gasteiger partial charge on any atom is 0.387 e. The average molecular weight is 386 g/mol. The lowest BCUT2D eigenvalue weighted by Crippen LogP contribution is -2.24. The van der Waals surface area contributed by atoms with E-state index in [4.69, 9.17) is 4.74 Å². The minimum atomic E-state index is -2.95. The fourth-order valence-corrected chi connectivity index (χ4v) is 2.47. The summed E-state index contributed by atoms with van der Waals surface area (Å²) in [6.07, 6.45) is 1.79. The zero-order valence-corrected chi connectivity index (χ0v) is 14.8. The maximum absolute atomic E-state index is 12.4. The largest absolute Gasteiger partial charge is 0.451 e. The number of ether oxygens (including phenoxy) is 2. The zero-order chi connectivity index (χ0) is 20.1. The summed E-state index contributed by atoms with van der Waals surface area (Å²) in [5, 5.41) is 4.11. The number of esters is 1. The van der Waals surface area contributed by atoms with E-state index in [0.717, 1.165) is 5.69 Å². The predicted octanol–water partition coefficient (Wildman–Crippen LogP) is 3.90. The third-order valence-corrected chi connectivity index (χ3v) is 3.86. The summed E-state index contributed by atoms with van der Waals surface area (Å²) in [5.41, 5.74) is 1.18. The quantitative estimate of drug-likeness (QED) is 0.455. The first-order valence-electron chi connectivity index (χ1n) is 8.34. The van der Waals surface area contributed by atoms with Crippen LogP contribution < -0.4 is 4.74 Å². The molecule has 0 radical (unpaired) electrons. The first-order valence-corrected chi connectivity index (χ1v) is 8.34. The summed E-state index contributed by atoms with van der Waals surface area (Å²) < 4.78 is 35.3. The average Bonchev–Trinajstić information content (AvgIpc) is 3.18. The van der Waals surface area contributed by atoms with Gasteiger partial charge in [-0.25, -0.2) is 9.48 Å². The molecule has 1 heterocycles. The van der Waals surface area contributed by atoms with Crippen LogP contribution in [0.4, 0.5) is 8.78 Å². The molecule has 3 rings (SSSR count). The Labute approximate surface area is 159 Å². The minimum Gasteiger partial charge on any atom is -0.451 e. The molecule has 0 aliphatic carbocycles. The van der Waals surface area contributed by atoms with Gasteiger partial charge in [-0.15, -0.1) is 0 Å². The number of carbonyl (C=O) groups excluding carboxylic acids is 2. The lowest BCUT2D eigenvalue weighted by atomic mass is 10.1. The van der Waals surface area contributed by atoms with Gasteiger partial charge in [0.15, 0.2) is 6.10 Å². The summed E-state index contributed by atoms with van der Waals surface area (Å²) in [6.45, 7) is -1.51. The summed E-state index contributed by atoms with van der Waals surface area (Å²) in [6, 6.07) is 14.4. The van der Waals surface area contributed by atoms with Gasteiger partial charge in [0, 0.05) is 11.8 Å². The fraction of sp³-hybridized carbons (Fsp3) is 0.150. The van der Waals surface area contributed by atoms with Crippen LogP contribution in [0.15, 0.2) is 67.0 Å². The second-order valence-electron chi connectivity index (χ2n) is 5.82. The molecule has 8 heteroatoms. The normalized spacial score (nSPS) is 11.9. The van der Waals surface area contributed by atoms with E-state index in [1.165, 1.54) is 48.3 Å². The number of alkyl halides is 2. The molecule has 6 nitrogen and oxygen atoms in total. The van der Waals surface area contributed by atoms with E-state index in [1.807, 2.05) is 30.3 Å². The smallest absolute Gasteiger partial charge is 0.387 e. The first kappa shape index (κ1) is 19.2. The van der Waals surface area contributed by atoms with Crippen molar-refractivity contribution in [3.63, 3.8) is 0 Å². The van der Waals surface area contributed by atoms with Crippen LogP contribution in [-0.2, 0) is 4.74 Å². The van der Waals surface area contributed by atoms with Crippen molar-refractivity contribution in [2.75, 3.05) is 0 Å². The fourth-order valence-electron chi connectivity index (χ4n) is 2.47. The van der Waals surface area contributed by atoms with Gasteiger partial charge in [-0.1, -0.05) is 18.2 Å². The van der Waals surface area contributed by atoms with Crippen LogP contribution in [-0.4, -0.2) is 34.2 Å². The Morgan fingerprint density at radius 1 is 1.00 bits per heavy atom. The van der Waals surface area contributed by atoms with Gasteiger partial charge in [0.1, 0.15) is 5.75 Å². The van der Waals surface area contributed by atoms with Gasteiger partial charge in [-0.3, -0.25) is 4.79 Å². The topological polar surface area (TPSA) is 70.4 Å². The van der Waals surface area contributed by atoms with Crippen molar-refractivity contribution < 1.29 is 27.8 Å². The van der Waals surface area contributed by atoms with Crippen molar-refractivity contribution in [1.29, 1.82) is 0 Å². The highest BCUT2D eigenvalue weighted by Gasteiger charge is 2.21. The summed E-state index contributed by atoms with van der Waals surface area (Å²) in [4.78, 5) is 24.7. The van der Waals surface area contributed by atoms with E-state index < -0.39 is 24.5 Å². The van der Waals surface area contributed by atoms with Crippen LogP contribution >= 0.6 is 0 Å². The molecule has 2 aromatic carbocycles. The minimum absolute atomic E-state index is 0.0653. The van der Waals surface area contributed by atoms with Crippen LogP contribution in [0.5, 0.6) is 5.75 Å². The van der Waals surface area contributed by atoms with E-state index in [9.17, 15) is 18.4 Å². The second kappa shape index (κ2) is 8.43. The van der Waals surface area contributed by atoms with E-state index in [1.54, 1.807) is 0 Å². The molecule has 0 amide bonds. The number of hydrogen-bond donors (Lipinski definition) is 0. The number of benzene rings is 2. The lowest BCUT2D eigenvalue weighted by molar-refractivity contribution is -0.0498. The predicted molar refractivity (Wildman–Crippen MR) is 95.8 cm³/mol. The zero-order valence-electron chi connectivity index (χ0n) is 14.8. The van der Waals surface area contributed by atoms with Gasteiger partial charge < -0.3 is 9.47 Å². The summed E-state index contributed by atoms with van der Waals surface area (Å²) in [5.74, 6) is -1.22. The molecular formula is C20H16F2N2O4. The second-order valence-corrected chi connectivity index (χ2v) is 5.82. The van der Waals surface area contributed by atoms with E-state index >= 15 is 0 Å². The molecular weight excluding hydrogens is 370 g/mol. The van der Waals surface area contributed by atoms with Crippen LogP contribution in [0.25, 0.3) is 5.69 Å². The van der Waals surface area contributed by atoms with Gasteiger partial charge >= 0.3 is 12.6 Å². The molecule has 0 bridgehead atoms. The van der Waals surface area contributed by atoms with Gasteiger partial charge in [0.05, 0.1) is 17.4 Å². The SMILES string of the molecule is CC(OC(=O)c1cnn(-c2ccccc2)c1)C(=O)c1ccc(OC(F)F)cc1. The third kappa shape index (κ3) is 4.59. The Bertz CT molecular complexity index is 956. The molecule has 0 N–H and O–H groups in total. The van der Waals surface area contributed by atoms with E-state index in [-0.39, 0.29) is 16.9 Å². The first-order chi connectivity index (χ1) is 13.4. The molecule has 1 unspecified atom stereocenters. The molecule has 28 heavy (non-hydrogen) atoms. The molecule has 1 atom stereocenters. The van der Waals surface area contributed by atoms with Crippen molar-refractivity contribution in [3.05, 3.63) is 78.1 Å². The highest BCUT2D eigenvalue weighted by atomic mass is 19.3. The van der Waals surface area contributed by atoms with Crippen molar-refractivity contribution >= 4 is 11.8 Å². The Hall–Kier alpha value is -3.55. The molecule has 1 aromatic heterocycles. The molecule has 0 aliphatic rings. The molecule has 0 aliphatic heterocycles. The van der Waals surface area contributed by atoms with Crippen LogP contribution in [0.2, 0.25) is 0 Å². The number of para-hydroxylation sites is 1. The number of rotatable bonds is 7. The molecule has 0 spiro atoms. The Morgan fingerprint density at radius 2 is 1.68 bits per heavy atom. The number of nitrogens with zero attached hydrogens (tertiary/aromatic N) is 2. The van der Waals surface area contributed by atoms with Crippen molar-refractivity contribution in [2.45, 2.75) is 19.6 Å². The molecule has 0 saturated heterocycles. The van der Waals surface area contributed by atoms with Crippen molar-refractivity contribution in [1.82, 2.24) is 9.78 Å². The molecule has 3 aromatic rings. The van der Waals surface area contributed by atoms with Gasteiger partial charge in [0.25, 0.3) is 0 Å². The number of hydrogen-bond acceptors (Lipinski definition) is 5. The van der Waals surface area contributed by atoms with Crippen LogP contribution in [0.1, 0.15) is 27.6 Å². The third-order valence-electron chi connectivity index (χ3n) is 3.86. The number of carbonyl (C=O) groups is 2. The van der Waals surface area contributed by atoms with Crippen LogP contribution in [0.3, 0.4) is 0 Å². The summed E-state index contributed by atoms with van der Waals surface area (Å²) in [7, 11) is 0. The number of halogens is 2. The van der Waals surface area contributed by atoms with E-state index in [2.05, 4.69) is 9.84 Å². The maximum atomic E-state index is 12.4. The number of ketones is 1. The van der Waals surface area contributed by atoms with Crippen molar-refractivity contribution in [3.8, 4) is 11.4 Å². The van der Waals surface area contributed by atoms with Crippen molar-refractivity contribution in [2.24, 2.45) is 0 Å². The van der Waals surface area contributed by atoms with Gasteiger partial charge in [0.2, 0.25) is 5.78 Å². The number of aromatic nitrogens is 2.